The number of anilines is 1. The van der Waals surface area contributed by atoms with Crippen molar-refractivity contribution in [1.82, 2.24) is 10.3 Å². The lowest BCUT2D eigenvalue weighted by Gasteiger charge is -2.14. The van der Waals surface area contributed by atoms with Crippen molar-refractivity contribution < 1.29 is 22.4 Å². The van der Waals surface area contributed by atoms with Gasteiger partial charge in [0.1, 0.15) is 5.82 Å². The summed E-state index contributed by atoms with van der Waals surface area (Å²) in [7, 11) is -3.91. The van der Waals surface area contributed by atoms with E-state index in [1.54, 1.807) is 36.7 Å². The molecule has 10 heteroatoms. The van der Waals surface area contributed by atoms with E-state index in [9.17, 15) is 22.4 Å². The number of hydrogen-bond acceptors (Lipinski definition) is 5. The Hall–Kier alpha value is -3.82. The highest BCUT2D eigenvalue weighted by molar-refractivity contribution is 7.91. The van der Waals surface area contributed by atoms with Crippen molar-refractivity contribution >= 4 is 49.7 Å². The third-order valence-corrected chi connectivity index (χ3v) is 6.78. The number of pyridine rings is 1. The number of nitrogens with zero attached hydrogens (tertiary/aromatic N) is 1. The Labute approximate surface area is 205 Å². The second-order valence-corrected chi connectivity index (χ2v) is 10.2. The number of nitrogens with one attached hydrogen (secondary N) is 2. The van der Waals surface area contributed by atoms with Crippen LogP contribution in [0.1, 0.15) is 26.3 Å². The van der Waals surface area contributed by atoms with E-state index < -0.39 is 27.5 Å². The number of sulfone groups is 1. The maximum Gasteiger partial charge on any atom is 0.257 e. The lowest BCUT2D eigenvalue weighted by Crippen LogP contribution is -2.24. The molecule has 35 heavy (non-hydrogen) atoms. The van der Waals surface area contributed by atoms with E-state index in [4.69, 9.17) is 11.6 Å². The molecule has 4 aromatic rings. The third kappa shape index (κ3) is 5.64. The Morgan fingerprint density at radius 2 is 1.71 bits per heavy atom. The summed E-state index contributed by atoms with van der Waals surface area (Å²) in [5.41, 5.74) is 0.819. The zero-order chi connectivity index (χ0) is 25.2. The molecular formula is C25H19ClFN3O4S. The van der Waals surface area contributed by atoms with Crippen LogP contribution >= 0.6 is 11.6 Å². The molecule has 0 aliphatic carbocycles. The van der Waals surface area contributed by atoms with Gasteiger partial charge in [-0.2, -0.15) is 0 Å². The molecule has 2 amide bonds. The first kappa shape index (κ1) is 24.3. The van der Waals surface area contributed by atoms with Gasteiger partial charge in [-0.15, -0.1) is 0 Å². The van der Waals surface area contributed by atoms with Gasteiger partial charge < -0.3 is 10.6 Å². The predicted molar refractivity (Wildman–Crippen MR) is 132 cm³/mol. The minimum absolute atomic E-state index is 0.000697. The van der Waals surface area contributed by atoms with Crippen LogP contribution in [0.4, 0.5) is 10.1 Å². The van der Waals surface area contributed by atoms with Crippen LogP contribution in [0.3, 0.4) is 0 Å². The highest BCUT2D eigenvalue weighted by Crippen LogP contribution is 2.29. The summed E-state index contributed by atoms with van der Waals surface area (Å²) in [6.07, 6.45) is 4.22. The number of carbonyl (C=O) groups excluding carboxylic acids is 2. The second-order valence-electron chi connectivity index (χ2n) is 7.81. The lowest BCUT2D eigenvalue weighted by molar-refractivity contribution is 0.0950. The molecule has 0 aliphatic heterocycles. The topological polar surface area (TPSA) is 105 Å². The molecule has 0 saturated heterocycles. The summed E-state index contributed by atoms with van der Waals surface area (Å²) < 4.78 is 37.9. The Morgan fingerprint density at radius 3 is 2.43 bits per heavy atom. The fourth-order valence-electron chi connectivity index (χ4n) is 3.52. The average Bonchev–Trinajstić information content (AvgIpc) is 2.82. The van der Waals surface area contributed by atoms with Gasteiger partial charge in [-0.25, -0.2) is 12.8 Å². The highest BCUT2D eigenvalue weighted by Gasteiger charge is 2.25. The van der Waals surface area contributed by atoms with Crippen molar-refractivity contribution in [1.29, 1.82) is 0 Å². The van der Waals surface area contributed by atoms with Gasteiger partial charge in [0.05, 0.1) is 15.5 Å². The van der Waals surface area contributed by atoms with Crippen molar-refractivity contribution in [3.8, 4) is 0 Å². The van der Waals surface area contributed by atoms with Gasteiger partial charge in [-0.05, 0) is 53.4 Å². The molecule has 0 fully saturated rings. The van der Waals surface area contributed by atoms with Crippen molar-refractivity contribution in [3.63, 3.8) is 0 Å². The normalized spacial score (nSPS) is 11.3. The number of halogens is 2. The summed E-state index contributed by atoms with van der Waals surface area (Å²) in [6, 6.07) is 14.9. The molecule has 3 aromatic carbocycles. The molecule has 0 unspecified atom stereocenters. The Balaban J connectivity index is 1.64. The Kier molecular flexibility index (Phi) is 6.81. The predicted octanol–water partition coefficient (Wildman–Crippen LogP) is 4.61. The first-order valence-electron chi connectivity index (χ1n) is 10.3. The largest absolute Gasteiger partial charge is 0.348 e. The van der Waals surface area contributed by atoms with Crippen molar-refractivity contribution in [2.75, 3.05) is 11.6 Å². The van der Waals surface area contributed by atoms with Crippen molar-refractivity contribution in [2.24, 2.45) is 0 Å². The first-order valence-corrected chi connectivity index (χ1v) is 12.6. The number of benzene rings is 3. The van der Waals surface area contributed by atoms with Crippen LogP contribution < -0.4 is 10.6 Å². The Morgan fingerprint density at radius 1 is 0.971 bits per heavy atom. The molecule has 178 valence electrons. The van der Waals surface area contributed by atoms with Crippen LogP contribution in [0.25, 0.3) is 10.8 Å². The fraction of sp³-hybridized carbons (Fsp3) is 0.0800. The monoisotopic (exact) mass is 511 g/mol. The average molecular weight is 512 g/mol. The quantitative estimate of drug-likeness (QED) is 0.393. The molecule has 0 spiro atoms. The molecule has 0 aliphatic rings. The second kappa shape index (κ2) is 9.81. The number of amides is 2. The zero-order valence-corrected chi connectivity index (χ0v) is 20.0. The summed E-state index contributed by atoms with van der Waals surface area (Å²) >= 11 is 6.24. The van der Waals surface area contributed by atoms with Crippen LogP contribution in [-0.2, 0) is 16.4 Å². The van der Waals surface area contributed by atoms with Crippen LogP contribution in [0.2, 0.25) is 5.02 Å². The SMILES string of the molecule is CS(=O)(=O)c1c(Cl)cc(C(=O)NCc2ccc(F)cc2)cc1C(=O)Nc1ccc2cnccc2c1. The van der Waals surface area contributed by atoms with Gasteiger partial charge in [0.15, 0.2) is 9.84 Å². The maximum atomic E-state index is 13.1. The van der Waals surface area contributed by atoms with Gasteiger partial charge in [0, 0.05) is 41.8 Å². The lowest BCUT2D eigenvalue weighted by atomic mass is 10.1. The third-order valence-electron chi connectivity index (χ3n) is 5.19. The Bertz CT molecular complexity index is 1560. The van der Waals surface area contributed by atoms with Crippen LogP contribution in [0.15, 0.2) is 78.0 Å². The van der Waals surface area contributed by atoms with E-state index >= 15 is 0 Å². The van der Waals surface area contributed by atoms with Crippen molar-refractivity contribution in [3.05, 3.63) is 101 Å². The molecule has 1 aromatic heterocycles. The molecule has 0 bridgehead atoms. The van der Waals surface area contributed by atoms with E-state index in [-0.39, 0.29) is 27.6 Å². The molecule has 4 rings (SSSR count). The van der Waals surface area contributed by atoms with Gasteiger partial charge in [0.2, 0.25) is 0 Å². The molecule has 1 heterocycles. The molecule has 2 N–H and O–H groups in total. The van der Waals surface area contributed by atoms with Crippen LogP contribution in [0, 0.1) is 5.82 Å². The van der Waals surface area contributed by atoms with Crippen LogP contribution in [-0.4, -0.2) is 31.5 Å². The van der Waals surface area contributed by atoms with E-state index in [0.717, 1.165) is 17.0 Å². The van der Waals surface area contributed by atoms with Crippen LogP contribution in [0.5, 0.6) is 0 Å². The fourth-order valence-corrected chi connectivity index (χ4v) is 5.12. The molecule has 7 nitrogen and oxygen atoms in total. The summed E-state index contributed by atoms with van der Waals surface area (Å²) in [5, 5.41) is 6.76. The standard InChI is InChI=1S/C25H19ClFN3O4S/c1-35(33,34)23-21(25(32)30-20-7-4-17-14-28-9-8-16(17)10-20)11-18(12-22(23)26)24(31)29-13-15-2-5-19(27)6-3-15/h2-12,14H,13H2,1H3,(H,29,31)(H,30,32). The highest BCUT2D eigenvalue weighted by atomic mass is 35.5. The number of hydrogen-bond donors (Lipinski definition) is 2. The number of fused-ring (bicyclic) bond motifs is 1. The zero-order valence-electron chi connectivity index (χ0n) is 18.4. The van der Waals surface area contributed by atoms with E-state index in [2.05, 4.69) is 15.6 Å². The number of aromatic nitrogens is 1. The van der Waals surface area contributed by atoms with E-state index in [1.165, 1.54) is 36.4 Å². The maximum absolute atomic E-state index is 13.1. The molecule has 0 saturated carbocycles. The van der Waals surface area contributed by atoms with Gasteiger partial charge in [-0.1, -0.05) is 29.8 Å². The van der Waals surface area contributed by atoms with Gasteiger partial charge in [0.25, 0.3) is 11.8 Å². The summed E-state index contributed by atoms with van der Waals surface area (Å²) in [6.45, 7) is 0.0953. The molecule has 0 atom stereocenters. The van der Waals surface area contributed by atoms with Gasteiger partial charge in [-0.3, -0.25) is 14.6 Å². The minimum Gasteiger partial charge on any atom is -0.348 e. The smallest absolute Gasteiger partial charge is 0.257 e. The van der Waals surface area contributed by atoms with Gasteiger partial charge >= 0.3 is 0 Å². The molecular weight excluding hydrogens is 493 g/mol. The summed E-state index contributed by atoms with van der Waals surface area (Å²) in [4.78, 5) is 29.6. The summed E-state index contributed by atoms with van der Waals surface area (Å²) in [5.74, 6) is -1.72. The molecule has 0 radical (unpaired) electrons. The number of carbonyl (C=O) groups is 2. The van der Waals surface area contributed by atoms with Crippen molar-refractivity contribution in [2.45, 2.75) is 11.4 Å². The van der Waals surface area contributed by atoms with E-state index in [1.807, 2.05) is 0 Å². The number of rotatable bonds is 6. The first-order chi connectivity index (χ1) is 16.6. The minimum atomic E-state index is -3.91. The van der Waals surface area contributed by atoms with E-state index in [0.29, 0.717) is 11.3 Å².